The number of anilines is 1. The third-order valence-electron chi connectivity index (χ3n) is 5.82. The number of carbonyl (C=O) groups excluding carboxylic acids is 1. The zero-order chi connectivity index (χ0) is 15.4. The Bertz CT molecular complexity index is 586. The molecule has 4 aliphatic rings. The number of benzene rings is 1. The minimum atomic E-state index is -0.133. The molecule has 1 N–H and O–H groups in total. The molecule has 0 aliphatic heterocycles. The van der Waals surface area contributed by atoms with Gasteiger partial charge < -0.3 is 5.32 Å². The summed E-state index contributed by atoms with van der Waals surface area (Å²) in [5.74, 6) is 1.73. The van der Waals surface area contributed by atoms with Crippen LogP contribution in [-0.2, 0) is 4.79 Å². The van der Waals surface area contributed by atoms with Gasteiger partial charge in [-0.3, -0.25) is 4.79 Å². The molecule has 5 rings (SSSR count). The van der Waals surface area contributed by atoms with Crippen molar-refractivity contribution >= 4 is 39.3 Å². The van der Waals surface area contributed by atoms with Gasteiger partial charge in [-0.2, -0.15) is 0 Å². The van der Waals surface area contributed by atoms with E-state index in [0.717, 1.165) is 36.8 Å². The third kappa shape index (κ3) is 2.52. The van der Waals surface area contributed by atoms with Crippen molar-refractivity contribution in [1.82, 2.24) is 0 Å². The van der Waals surface area contributed by atoms with Crippen LogP contribution in [0.2, 0.25) is 0 Å². The van der Waals surface area contributed by atoms with E-state index in [1.54, 1.807) is 11.8 Å². The Kier molecular flexibility index (Phi) is 3.61. The molecule has 2 nitrogen and oxygen atoms in total. The Hall–Kier alpha value is -0.480. The van der Waals surface area contributed by atoms with Crippen molar-refractivity contribution in [2.75, 3.05) is 11.6 Å². The van der Waals surface area contributed by atoms with Gasteiger partial charge in [0.1, 0.15) is 0 Å². The Balaban J connectivity index is 1.54. The van der Waals surface area contributed by atoms with Crippen LogP contribution in [0.1, 0.15) is 38.5 Å². The molecular formula is C18H22BrNOS. The highest BCUT2D eigenvalue weighted by Gasteiger charge is 2.59. The number of halogens is 1. The van der Waals surface area contributed by atoms with E-state index >= 15 is 0 Å². The van der Waals surface area contributed by atoms with Crippen LogP contribution >= 0.6 is 27.7 Å². The van der Waals surface area contributed by atoms with Gasteiger partial charge in [0.15, 0.2) is 0 Å². The fraction of sp³-hybridized carbons (Fsp3) is 0.611. The lowest BCUT2D eigenvalue weighted by atomic mass is 9.49. The summed E-state index contributed by atoms with van der Waals surface area (Å²) in [6.45, 7) is 0. The number of amides is 1. The number of carbonyl (C=O) groups is 1. The molecule has 0 saturated heterocycles. The Labute approximate surface area is 144 Å². The van der Waals surface area contributed by atoms with Crippen LogP contribution in [0, 0.1) is 17.3 Å². The Morgan fingerprint density at radius 3 is 2.36 bits per heavy atom. The number of rotatable bonds is 3. The molecule has 4 saturated carbocycles. The molecular weight excluding hydrogens is 358 g/mol. The first kappa shape index (κ1) is 15.1. The summed E-state index contributed by atoms with van der Waals surface area (Å²) < 4.78 is 0.233. The molecule has 1 aromatic carbocycles. The van der Waals surface area contributed by atoms with Crippen molar-refractivity contribution in [2.24, 2.45) is 17.3 Å². The van der Waals surface area contributed by atoms with Crippen molar-refractivity contribution in [3.63, 3.8) is 0 Å². The van der Waals surface area contributed by atoms with E-state index in [2.05, 4.69) is 39.6 Å². The molecule has 22 heavy (non-hydrogen) atoms. The van der Waals surface area contributed by atoms with Crippen molar-refractivity contribution in [1.29, 1.82) is 0 Å². The topological polar surface area (TPSA) is 29.1 Å². The van der Waals surface area contributed by atoms with Gasteiger partial charge >= 0.3 is 0 Å². The van der Waals surface area contributed by atoms with E-state index in [1.807, 2.05) is 12.1 Å². The highest BCUT2D eigenvalue weighted by molar-refractivity contribution is 9.10. The molecule has 4 heteroatoms. The predicted octanol–water partition coefficient (Wildman–Crippen LogP) is 5.08. The van der Waals surface area contributed by atoms with Crippen molar-refractivity contribution in [3.05, 3.63) is 24.3 Å². The van der Waals surface area contributed by atoms with Crippen LogP contribution in [0.3, 0.4) is 0 Å². The summed E-state index contributed by atoms with van der Waals surface area (Å²) in [6, 6.07) is 8.19. The van der Waals surface area contributed by atoms with E-state index in [4.69, 9.17) is 0 Å². The summed E-state index contributed by atoms with van der Waals surface area (Å²) >= 11 is 5.71. The van der Waals surface area contributed by atoms with Gasteiger partial charge in [0.2, 0.25) is 5.91 Å². The van der Waals surface area contributed by atoms with Gasteiger partial charge in [-0.15, -0.1) is 11.8 Å². The number of alkyl halides is 1. The van der Waals surface area contributed by atoms with E-state index < -0.39 is 0 Å². The second kappa shape index (κ2) is 5.27. The summed E-state index contributed by atoms with van der Waals surface area (Å²) in [5, 5.41) is 3.20. The minimum absolute atomic E-state index is 0.133. The Morgan fingerprint density at radius 2 is 1.82 bits per heavy atom. The third-order valence-corrected chi connectivity index (χ3v) is 7.49. The lowest BCUT2D eigenvalue weighted by Gasteiger charge is -2.59. The average Bonchev–Trinajstić information content (AvgIpc) is 2.45. The van der Waals surface area contributed by atoms with Crippen molar-refractivity contribution in [2.45, 2.75) is 47.7 Å². The van der Waals surface area contributed by atoms with Gasteiger partial charge in [0.25, 0.3) is 0 Å². The number of nitrogens with one attached hydrogen (secondary N) is 1. The van der Waals surface area contributed by atoms with Gasteiger partial charge in [-0.1, -0.05) is 15.9 Å². The lowest BCUT2D eigenvalue weighted by molar-refractivity contribution is -0.138. The fourth-order valence-electron chi connectivity index (χ4n) is 5.35. The first-order valence-electron chi connectivity index (χ1n) is 8.15. The van der Waals surface area contributed by atoms with Gasteiger partial charge in [0.05, 0.1) is 5.41 Å². The standard InChI is InChI=1S/C18H22BrNOS/c1-22-15-4-2-14(3-5-15)20-16(21)17-7-12-6-13(8-17)10-18(19,9-12)11-17/h2-5,12-13H,6-11H2,1H3,(H,20,21). The molecule has 118 valence electrons. The lowest BCUT2D eigenvalue weighted by Crippen LogP contribution is -2.57. The maximum Gasteiger partial charge on any atom is 0.230 e. The van der Waals surface area contributed by atoms with E-state index in [9.17, 15) is 4.79 Å². The van der Waals surface area contributed by atoms with Crippen LogP contribution in [0.5, 0.6) is 0 Å². The monoisotopic (exact) mass is 379 g/mol. The van der Waals surface area contributed by atoms with Crippen molar-refractivity contribution in [3.8, 4) is 0 Å². The van der Waals surface area contributed by atoms with Crippen LogP contribution in [0.4, 0.5) is 5.69 Å². The molecule has 1 amide bonds. The van der Waals surface area contributed by atoms with Gasteiger partial charge in [-0.05, 0) is 80.9 Å². The fourth-order valence-corrected chi connectivity index (χ4v) is 7.22. The van der Waals surface area contributed by atoms with Gasteiger partial charge in [-0.25, -0.2) is 0 Å². The number of hydrogen-bond donors (Lipinski definition) is 1. The zero-order valence-electron chi connectivity index (χ0n) is 12.9. The average molecular weight is 380 g/mol. The molecule has 4 fully saturated rings. The summed E-state index contributed by atoms with van der Waals surface area (Å²) in [7, 11) is 0. The van der Waals surface area contributed by atoms with E-state index in [-0.39, 0.29) is 15.6 Å². The molecule has 0 spiro atoms. The molecule has 4 bridgehead atoms. The van der Waals surface area contributed by atoms with E-state index in [1.165, 1.54) is 24.2 Å². The molecule has 0 aromatic heterocycles. The number of hydrogen-bond acceptors (Lipinski definition) is 2. The SMILES string of the molecule is CSc1ccc(NC(=O)C23CC4CC(CC(Br)(C4)C2)C3)cc1. The summed E-state index contributed by atoms with van der Waals surface area (Å²) in [5.41, 5.74) is 0.799. The second-order valence-electron chi connectivity index (χ2n) is 7.57. The smallest absolute Gasteiger partial charge is 0.230 e. The van der Waals surface area contributed by atoms with Crippen LogP contribution in [-0.4, -0.2) is 16.5 Å². The maximum atomic E-state index is 13.0. The van der Waals surface area contributed by atoms with Crippen LogP contribution in [0.25, 0.3) is 0 Å². The highest BCUT2D eigenvalue weighted by atomic mass is 79.9. The van der Waals surface area contributed by atoms with Crippen LogP contribution < -0.4 is 5.32 Å². The number of thioether (sulfide) groups is 1. The largest absolute Gasteiger partial charge is 0.326 e. The minimum Gasteiger partial charge on any atom is -0.326 e. The quantitative estimate of drug-likeness (QED) is 0.585. The van der Waals surface area contributed by atoms with Crippen LogP contribution in [0.15, 0.2) is 29.2 Å². The van der Waals surface area contributed by atoms with Gasteiger partial charge in [0, 0.05) is 14.9 Å². The van der Waals surface area contributed by atoms with E-state index in [0.29, 0.717) is 0 Å². The first-order valence-corrected chi connectivity index (χ1v) is 10.2. The molecule has 0 heterocycles. The maximum absolute atomic E-state index is 13.0. The highest BCUT2D eigenvalue weighted by Crippen LogP contribution is 2.64. The second-order valence-corrected chi connectivity index (χ2v) is 10.1. The molecule has 2 atom stereocenters. The first-order chi connectivity index (χ1) is 10.5. The summed E-state index contributed by atoms with van der Waals surface area (Å²) in [6.07, 6.45) is 9.13. The molecule has 1 aromatic rings. The predicted molar refractivity (Wildman–Crippen MR) is 95.6 cm³/mol. The molecule has 2 unspecified atom stereocenters. The normalized spacial score (nSPS) is 39.0. The Morgan fingerprint density at radius 1 is 1.18 bits per heavy atom. The molecule has 0 radical (unpaired) electrons. The summed E-state index contributed by atoms with van der Waals surface area (Å²) in [4.78, 5) is 14.3. The zero-order valence-corrected chi connectivity index (χ0v) is 15.3. The van der Waals surface area contributed by atoms with Crippen molar-refractivity contribution < 1.29 is 4.79 Å². The molecule has 4 aliphatic carbocycles.